The van der Waals surface area contributed by atoms with Crippen molar-refractivity contribution in [3.05, 3.63) is 129 Å². The Hall–Kier alpha value is -4.77. The van der Waals surface area contributed by atoms with Gasteiger partial charge in [0.05, 0.1) is 44.1 Å². The molecule has 0 N–H and O–H groups in total. The third kappa shape index (κ3) is 10.6. The van der Waals surface area contributed by atoms with Crippen molar-refractivity contribution in [3.63, 3.8) is 0 Å². The van der Waals surface area contributed by atoms with Gasteiger partial charge in [0.1, 0.15) is 36.3 Å². The molecule has 0 unspecified atom stereocenters. The largest absolute Gasteiger partial charge is 0.496 e. The van der Waals surface area contributed by atoms with E-state index in [0.717, 1.165) is 11.1 Å². The Morgan fingerprint density at radius 3 is 1.54 bits per heavy atom. The summed E-state index contributed by atoms with van der Waals surface area (Å²) in [6, 6.07) is 23.9. The molecule has 0 spiro atoms. The van der Waals surface area contributed by atoms with Crippen molar-refractivity contribution in [1.82, 2.24) is 0 Å². The van der Waals surface area contributed by atoms with Crippen molar-refractivity contribution < 1.29 is 46.8 Å². The number of methoxy groups -OCH3 is 3. The number of rotatable bonds is 12. The van der Waals surface area contributed by atoms with Crippen molar-refractivity contribution in [2.75, 3.05) is 21.3 Å². The summed E-state index contributed by atoms with van der Waals surface area (Å²) in [6.45, 7) is 3.52. The monoisotopic (exact) mass is 726 g/mol. The molecule has 11 heteroatoms. The SMILES string of the molecule is COC(=O)C(C)(C)c1cc(F)c(CC(=O)OCc2ccccc2)cc1OC.COc1cc(CC(=O)OCc2ccccc2)c(F)cc1Br. The first-order chi connectivity index (χ1) is 22.9. The topological polar surface area (TPSA) is 97.4 Å². The van der Waals surface area contributed by atoms with Gasteiger partial charge in [-0.1, -0.05) is 60.7 Å². The van der Waals surface area contributed by atoms with E-state index in [0.29, 0.717) is 21.5 Å². The number of carbonyl (C=O) groups excluding carboxylic acids is 3. The average molecular weight is 728 g/mol. The van der Waals surface area contributed by atoms with Crippen molar-refractivity contribution in [3.8, 4) is 11.5 Å². The summed E-state index contributed by atoms with van der Waals surface area (Å²) < 4.78 is 54.4. The number of halogens is 3. The van der Waals surface area contributed by atoms with Crippen molar-refractivity contribution in [2.24, 2.45) is 0 Å². The first-order valence-corrected chi connectivity index (χ1v) is 15.5. The van der Waals surface area contributed by atoms with E-state index in [1.165, 1.54) is 45.6 Å². The first-order valence-electron chi connectivity index (χ1n) is 14.8. The minimum absolute atomic E-state index is 0.117. The molecule has 0 aliphatic heterocycles. The van der Waals surface area contributed by atoms with Crippen LogP contribution in [-0.2, 0) is 60.1 Å². The predicted molar refractivity (Wildman–Crippen MR) is 179 cm³/mol. The number of hydrogen-bond acceptors (Lipinski definition) is 8. The van der Waals surface area contributed by atoms with Gasteiger partial charge in [-0.05, 0) is 65.2 Å². The molecule has 0 heterocycles. The molecule has 0 amide bonds. The Balaban J connectivity index is 0.000000269. The Bertz CT molecular complexity index is 1700. The second kappa shape index (κ2) is 18.0. The van der Waals surface area contributed by atoms with Crippen molar-refractivity contribution >= 4 is 33.8 Å². The highest BCUT2D eigenvalue weighted by Gasteiger charge is 2.35. The molecule has 0 aromatic heterocycles. The summed E-state index contributed by atoms with van der Waals surface area (Å²) >= 11 is 3.19. The molecule has 254 valence electrons. The van der Waals surface area contributed by atoms with Crippen LogP contribution >= 0.6 is 15.9 Å². The lowest BCUT2D eigenvalue weighted by Crippen LogP contribution is -2.31. The standard InChI is InChI=1S/C21H23FO5.C16H14BrFO3/c1-21(2,20(24)26-4)16-12-17(22)15(10-18(16)25-3)11-19(23)27-13-14-8-6-5-7-9-14;1-20-15-7-12(14(18)9-13(15)17)8-16(19)21-10-11-5-3-2-4-6-11/h5-10,12H,11,13H2,1-4H3;2-7,9H,8,10H2,1H3. The van der Waals surface area contributed by atoms with Crippen LogP contribution in [0.3, 0.4) is 0 Å². The fraction of sp³-hybridized carbons (Fsp3) is 0.270. The summed E-state index contributed by atoms with van der Waals surface area (Å²) in [5.74, 6) is -1.86. The maximum Gasteiger partial charge on any atom is 0.315 e. The van der Waals surface area contributed by atoms with E-state index in [1.54, 1.807) is 13.8 Å². The van der Waals surface area contributed by atoms with Gasteiger partial charge in [-0.25, -0.2) is 8.78 Å². The van der Waals surface area contributed by atoms with E-state index in [1.807, 2.05) is 60.7 Å². The van der Waals surface area contributed by atoms with Gasteiger partial charge >= 0.3 is 17.9 Å². The summed E-state index contributed by atoms with van der Waals surface area (Å²) in [4.78, 5) is 35.9. The fourth-order valence-corrected chi connectivity index (χ4v) is 4.98. The molecule has 0 saturated carbocycles. The van der Waals surface area contributed by atoms with E-state index >= 15 is 0 Å². The minimum atomic E-state index is -1.10. The third-order valence-corrected chi connectivity index (χ3v) is 7.83. The molecule has 4 rings (SSSR count). The fourth-order valence-electron chi connectivity index (χ4n) is 4.51. The smallest absolute Gasteiger partial charge is 0.315 e. The molecule has 0 aliphatic rings. The Morgan fingerprint density at radius 2 is 1.10 bits per heavy atom. The van der Waals surface area contributed by atoms with Crippen LogP contribution in [-0.4, -0.2) is 39.2 Å². The van der Waals surface area contributed by atoms with Crippen LogP contribution in [0.5, 0.6) is 11.5 Å². The first kappa shape index (κ1) is 37.7. The van der Waals surface area contributed by atoms with Crippen LogP contribution in [0.4, 0.5) is 8.78 Å². The molecule has 8 nitrogen and oxygen atoms in total. The Labute approximate surface area is 287 Å². The maximum absolute atomic E-state index is 14.6. The second-order valence-corrected chi connectivity index (χ2v) is 11.8. The Kier molecular flexibility index (Phi) is 14.1. The molecular formula is C37H37BrF2O8. The molecule has 0 aliphatic carbocycles. The highest BCUT2D eigenvalue weighted by atomic mass is 79.9. The van der Waals surface area contributed by atoms with Gasteiger partial charge in [-0.2, -0.15) is 0 Å². The van der Waals surface area contributed by atoms with Crippen LogP contribution in [0.2, 0.25) is 0 Å². The van der Waals surface area contributed by atoms with E-state index in [2.05, 4.69) is 15.9 Å². The number of esters is 3. The lowest BCUT2D eigenvalue weighted by molar-refractivity contribution is -0.146. The van der Waals surface area contributed by atoms with Crippen LogP contribution in [0.1, 0.15) is 41.7 Å². The second-order valence-electron chi connectivity index (χ2n) is 11.0. The summed E-state index contributed by atoms with van der Waals surface area (Å²) in [5, 5.41) is 0. The van der Waals surface area contributed by atoms with Crippen LogP contribution in [0, 0.1) is 11.6 Å². The zero-order valence-corrected chi connectivity index (χ0v) is 28.9. The number of hydrogen-bond donors (Lipinski definition) is 0. The lowest BCUT2D eigenvalue weighted by atomic mass is 9.83. The number of carbonyl (C=O) groups is 3. The van der Waals surface area contributed by atoms with E-state index in [4.69, 9.17) is 23.7 Å². The highest BCUT2D eigenvalue weighted by Crippen LogP contribution is 2.35. The molecular weight excluding hydrogens is 690 g/mol. The Morgan fingerprint density at radius 1 is 0.667 bits per heavy atom. The van der Waals surface area contributed by atoms with Gasteiger partial charge in [0.2, 0.25) is 0 Å². The summed E-state index contributed by atoms with van der Waals surface area (Å²) in [7, 11) is 4.17. The summed E-state index contributed by atoms with van der Waals surface area (Å²) in [5.41, 5.74) is 1.35. The maximum atomic E-state index is 14.6. The van der Waals surface area contributed by atoms with Gasteiger partial charge in [-0.3, -0.25) is 14.4 Å². The van der Waals surface area contributed by atoms with Gasteiger partial charge in [0, 0.05) is 16.7 Å². The van der Waals surface area contributed by atoms with Gasteiger partial charge in [0.15, 0.2) is 0 Å². The molecule has 4 aromatic carbocycles. The quantitative estimate of drug-likeness (QED) is 0.110. The molecule has 48 heavy (non-hydrogen) atoms. The summed E-state index contributed by atoms with van der Waals surface area (Å²) in [6.07, 6.45) is -0.379. The molecule has 0 saturated heterocycles. The van der Waals surface area contributed by atoms with Crippen LogP contribution in [0.25, 0.3) is 0 Å². The zero-order chi connectivity index (χ0) is 35.3. The van der Waals surface area contributed by atoms with Crippen LogP contribution in [0.15, 0.2) is 89.4 Å². The van der Waals surface area contributed by atoms with E-state index < -0.39 is 35.0 Å². The highest BCUT2D eigenvalue weighted by molar-refractivity contribution is 9.10. The van der Waals surface area contributed by atoms with Gasteiger partial charge in [0.25, 0.3) is 0 Å². The number of ether oxygens (including phenoxy) is 5. The molecule has 0 fully saturated rings. The molecule has 0 radical (unpaired) electrons. The number of benzene rings is 4. The predicted octanol–water partition coefficient (Wildman–Crippen LogP) is 7.45. The van der Waals surface area contributed by atoms with Crippen molar-refractivity contribution in [1.29, 1.82) is 0 Å². The normalized spacial score (nSPS) is 10.7. The third-order valence-electron chi connectivity index (χ3n) is 7.21. The van der Waals surface area contributed by atoms with E-state index in [9.17, 15) is 23.2 Å². The zero-order valence-electron chi connectivity index (χ0n) is 27.3. The van der Waals surface area contributed by atoms with Crippen molar-refractivity contribution in [2.45, 2.75) is 45.3 Å². The minimum Gasteiger partial charge on any atom is -0.496 e. The van der Waals surface area contributed by atoms with Gasteiger partial charge in [-0.15, -0.1) is 0 Å². The van der Waals surface area contributed by atoms with Gasteiger partial charge < -0.3 is 23.7 Å². The average Bonchev–Trinajstić information content (AvgIpc) is 3.09. The van der Waals surface area contributed by atoms with Crippen LogP contribution < -0.4 is 9.47 Å². The lowest BCUT2D eigenvalue weighted by Gasteiger charge is -2.25. The molecule has 0 atom stereocenters. The molecule has 4 aromatic rings. The molecule has 0 bridgehead atoms. The van der Waals surface area contributed by atoms with E-state index in [-0.39, 0.29) is 37.2 Å².